The predicted molar refractivity (Wildman–Crippen MR) is 111 cm³/mol. The first-order valence-corrected chi connectivity index (χ1v) is 8.60. The number of aromatic nitrogens is 2. The molecule has 0 fully saturated rings. The van der Waals surface area contributed by atoms with Crippen LogP contribution < -0.4 is 10.6 Å². The highest BCUT2D eigenvalue weighted by atomic mass is 127. The van der Waals surface area contributed by atoms with Crippen molar-refractivity contribution in [3.8, 4) is 0 Å². The molecule has 1 heterocycles. The molecule has 0 bridgehead atoms. The van der Waals surface area contributed by atoms with Crippen molar-refractivity contribution in [3.63, 3.8) is 0 Å². The van der Waals surface area contributed by atoms with Crippen LogP contribution in [0.25, 0.3) is 0 Å². The van der Waals surface area contributed by atoms with Gasteiger partial charge in [-0.2, -0.15) is 5.10 Å². The molecule has 0 aliphatic carbocycles. The molecule has 1 aromatic rings. The van der Waals surface area contributed by atoms with Gasteiger partial charge in [0, 0.05) is 45.7 Å². The van der Waals surface area contributed by atoms with Gasteiger partial charge in [-0.05, 0) is 31.2 Å². The Morgan fingerprint density at radius 1 is 1.29 bits per heavy atom. The fraction of sp³-hybridized carbons (Fsp3) is 0.765. The van der Waals surface area contributed by atoms with Crippen LogP contribution in [0.2, 0.25) is 0 Å². The third-order valence-electron chi connectivity index (χ3n) is 3.75. The van der Waals surface area contributed by atoms with Crippen LogP contribution in [-0.4, -0.2) is 48.6 Å². The first kappa shape index (κ1) is 23.2. The molecule has 2 unspecified atom stereocenters. The summed E-state index contributed by atoms with van der Waals surface area (Å²) < 4.78 is 7.72. The summed E-state index contributed by atoms with van der Waals surface area (Å²) in [5, 5.41) is 11.0. The lowest BCUT2D eigenvalue weighted by molar-refractivity contribution is 0.0258. The zero-order chi connectivity index (χ0) is 17.1. The Morgan fingerprint density at radius 2 is 2.04 bits per heavy atom. The number of rotatable bonds is 10. The van der Waals surface area contributed by atoms with Gasteiger partial charge in [0.1, 0.15) is 0 Å². The van der Waals surface area contributed by atoms with E-state index in [1.165, 1.54) is 0 Å². The molecule has 0 radical (unpaired) electrons. The van der Waals surface area contributed by atoms with Crippen LogP contribution in [0.1, 0.15) is 34.1 Å². The number of nitrogens with one attached hydrogen (secondary N) is 2. The number of aliphatic imine (C=N–C) groups is 1. The summed E-state index contributed by atoms with van der Waals surface area (Å²) in [7, 11) is 1.80. The van der Waals surface area contributed by atoms with Crippen molar-refractivity contribution in [3.05, 3.63) is 18.5 Å². The van der Waals surface area contributed by atoms with Crippen molar-refractivity contribution in [1.29, 1.82) is 0 Å². The van der Waals surface area contributed by atoms with Gasteiger partial charge in [-0.1, -0.05) is 20.8 Å². The van der Waals surface area contributed by atoms with E-state index in [1.807, 2.05) is 30.1 Å². The maximum absolute atomic E-state index is 5.77. The molecular weight excluding hydrogens is 417 g/mol. The second-order valence-electron chi connectivity index (χ2n) is 6.24. The van der Waals surface area contributed by atoms with Crippen LogP contribution in [0.15, 0.2) is 23.5 Å². The molecule has 2 N–H and O–H groups in total. The fourth-order valence-electron chi connectivity index (χ4n) is 2.44. The number of guanidine groups is 1. The maximum Gasteiger partial charge on any atom is 0.190 e. The molecule has 0 aliphatic rings. The third-order valence-corrected chi connectivity index (χ3v) is 3.75. The summed E-state index contributed by atoms with van der Waals surface area (Å²) in [5.74, 6) is 1.84. The summed E-state index contributed by atoms with van der Waals surface area (Å²) in [5.41, 5.74) is 0. The minimum atomic E-state index is 0. The van der Waals surface area contributed by atoms with Gasteiger partial charge in [-0.3, -0.25) is 9.67 Å². The van der Waals surface area contributed by atoms with Crippen molar-refractivity contribution in [2.45, 2.75) is 46.8 Å². The van der Waals surface area contributed by atoms with E-state index >= 15 is 0 Å². The van der Waals surface area contributed by atoms with Gasteiger partial charge in [-0.15, -0.1) is 24.0 Å². The number of hydrogen-bond donors (Lipinski definition) is 2. The molecule has 0 spiro atoms. The quantitative estimate of drug-likeness (QED) is 0.326. The van der Waals surface area contributed by atoms with Crippen molar-refractivity contribution >= 4 is 29.9 Å². The average molecular weight is 451 g/mol. The number of halogens is 1. The van der Waals surface area contributed by atoms with E-state index in [9.17, 15) is 0 Å². The van der Waals surface area contributed by atoms with Gasteiger partial charge < -0.3 is 15.4 Å². The van der Waals surface area contributed by atoms with E-state index in [0.717, 1.165) is 38.6 Å². The number of hydrogen-bond acceptors (Lipinski definition) is 3. The molecule has 1 aromatic heterocycles. The van der Waals surface area contributed by atoms with E-state index in [4.69, 9.17) is 4.74 Å². The van der Waals surface area contributed by atoms with E-state index in [1.54, 1.807) is 7.05 Å². The van der Waals surface area contributed by atoms with Crippen molar-refractivity contribution < 1.29 is 4.74 Å². The van der Waals surface area contributed by atoms with Crippen molar-refractivity contribution in [2.24, 2.45) is 16.8 Å². The van der Waals surface area contributed by atoms with Gasteiger partial charge in [-0.25, -0.2) is 0 Å². The molecule has 7 heteroatoms. The molecule has 1 rings (SSSR count). The summed E-state index contributed by atoms with van der Waals surface area (Å²) in [4.78, 5) is 4.28. The van der Waals surface area contributed by atoms with E-state index in [0.29, 0.717) is 17.9 Å². The van der Waals surface area contributed by atoms with E-state index in [-0.39, 0.29) is 24.0 Å². The zero-order valence-electron chi connectivity index (χ0n) is 15.7. The third kappa shape index (κ3) is 9.46. The van der Waals surface area contributed by atoms with Crippen LogP contribution in [-0.2, 0) is 11.3 Å². The molecule has 0 saturated carbocycles. The lowest BCUT2D eigenvalue weighted by Crippen LogP contribution is -2.41. The first-order chi connectivity index (χ1) is 11.1. The topological polar surface area (TPSA) is 63.5 Å². The van der Waals surface area contributed by atoms with Gasteiger partial charge in [0.25, 0.3) is 0 Å². The van der Waals surface area contributed by atoms with Crippen LogP contribution in [0, 0.1) is 11.8 Å². The Morgan fingerprint density at radius 3 is 2.58 bits per heavy atom. The standard InChI is InChI=1S/C17H33N5O.HI/c1-6-23-16(14(2)3)8-10-19-17(18-5)20-12-15(4)13-22-11-7-9-21-22;/h7,9,11,14-16H,6,8,10,12-13H2,1-5H3,(H2,18,19,20);1H. The van der Waals surface area contributed by atoms with Crippen molar-refractivity contribution in [1.82, 2.24) is 20.4 Å². The highest BCUT2D eigenvalue weighted by Gasteiger charge is 2.13. The van der Waals surface area contributed by atoms with Crippen LogP contribution >= 0.6 is 24.0 Å². The SMILES string of the molecule is CCOC(CCNC(=NC)NCC(C)Cn1cccn1)C(C)C.I. The minimum Gasteiger partial charge on any atom is -0.378 e. The molecule has 24 heavy (non-hydrogen) atoms. The molecule has 0 aromatic carbocycles. The normalized spacial score (nSPS) is 14.2. The highest BCUT2D eigenvalue weighted by molar-refractivity contribution is 14.0. The van der Waals surface area contributed by atoms with Crippen LogP contribution in [0.4, 0.5) is 0 Å². The molecule has 140 valence electrons. The van der Waals surface area contributed by atoms with E-state index in [2.05, 4.69) is 41.5 Å². The summed E-state index contributed by atoms with van der Waals surface area (Å²) in [6.45, 7) is 12.0. The zero-order valence-corrected chi connectivity index (χ0v) is 18.0. The number of ether oxygens (including phenoxy) is 1. The largest absolute Gasteiger partial charge is 0.378 e. The molecule has 0 saturated heterocycles. The Balaban J connectivity index is 0.00000529. The smallest absolute Gasteiger partial charge is 0.190 e. The summed E-state index contributed by atoms with van der Waals surface area (Å²) in [6, 6.07) is 1.95. The lowest BCUT2D eigenvalue weighted by Gasteiger charge is -2.22. The van der Waals surface area contributed by atoms with Crippen LogP contribution in [0.5, 0.6) is 0 Å². The predicted octanol–water partition coefficient (Wildman–Crippen LogP) is 2.75. The monoisotopic (exact) mass is 451 g/mol. The van der Waals surface area contributed by atoms with Crippen molar-refractivity contribution in [2.75, 3.05) is 26.7 Å². The Bertz CT molecular complexity index is 436. The number of nitrogens with zero attached hydrogens (tertiary/aromatic N) is 3. The van der Waals surface area contributed by atoms with Crippen LogP contribution in [0.3, 0.4) is 0 Å². The Hall–Kier alpha value is -0.830. The molecular formula is C17H34IN5O. The minimum absolute atomic E-state index is 0. The Kier molecular flexibility index (Phi) is 13.0. The second-order valence-corrected chi connectivity index (χ2v) is 6.24. The van der Waals surface area contributed by atoms with Gasteiger partial charge >= 0.3 is 0 Å². The second kappa shape index (κ2) is 13.5. The average Bonchev–Trinajstić information content (AvgIpc) is 3.02. The summed E-state index contributed by atoms with van der Waals surface area (Å²) >= 11 is 0. The van der Waals surface area contributed by atoms with Gasteiger partial charge in [0.05, 0.1) is 6.10 Å². The lowest BCUT2D eigenvalue weighted by atomic mass is 10.0. The molecule has 0 amide bonds. The van der Waals surface area contributed by atoms with E-state index < -0.39 is 0 Å². The molecule has 6 nitrogen and oxygen atoms in total. The first-order valence-electron chi connectivity index (χ1n) is 8.60. The summed E-state index contributed by atoms with van der Waals surface area (Å²) in [6.07, 6.45) is 5.08. The Labute approximate surface area is 163 Å². The fourth-order valence-corrected chi connectivity index (χ4v) is 2.44. The van der Waals surface area contributed by atoms with Gasteiger partial charge in [0.15, 0.2) is 5.96 Å². The van der Waals surface area contributed by atoms with Gasteiger partial charge in [0.2, 0.25) is 0 Å². The maximum atomic E-state index is 5.77. The molecule has 0 aliphatic heterocycles. The highest BCUT2D eigenvalue weighted by Crippen LogP contribution is 2.09. The molecule has 2 atom stereocenters.